The van der Waals surface area contributed by atoms with Gasteiger partial charge in [0.25, 0.3) is 0 Å². The van der Waals surface area contributed by atoms with Crippen LogP contribution in [-0.4, -0.2) is 0 Å². The first-order valence-electron chi connectivity index (χ1n) is 6.29. The van der Waals surface area contributed by atoms with Crippen LogP contribution in [0.4, 0.5) is 11.4 Å². The number of benzene rings is 2. The minimum absolute atomic E-state index is 0.428. The van der Waals surface area contributed by atoms with E-state index in [9.17, 15) is 0 Å². The minimum Gasteiger partial charge on any atom is -0.399 e. The van der Waals surface area contributed by atoms with Crippen LogP contribution in [0.1, 0.15) is 36.8 Å². The largest absolute Gasteiger partial charge is 0.399 e. The van der Waals surface area contributed by atoms with Crippen LogP contribution in [-0.2, 0) is 0 Å². The second kappa shape index (κ2) is 5.13. The lowest BCUT2D eigenvalue weighted by Crippen LogP contribution is -2.05. The van der Waals surface area contributed by atoms with Gasteiger partial charge in [-0.25, -0.2) is 0 Å². The standard InChI is InChI=1S/C16H20N2/c1-11(13-6-8-15(17)9-7-13)12(2)14-4-3-5-16(18)10-14/h3-12H,17-18H2,1-2H3. The van der Waals surface area contributed by atoms with Crippen molar-refractivity contribution >= 4 is 11.4 Å². The van der Waals surface area contributed by atoms with Gasteiger partial charge in [0.05, 0.1) is 0 Å². The van der Waals surface area contributed by atoms with E-state index in [4.69, 9.17) is 11.5 Å². The molecule has 2 atom stereocenters. The first-order valence-corrected chi connectivity index (χ1v) is 6.29. The highest BCUT2D eigenvalue weighted by Crippen LogP contribution is 2.33. The SMILES string of the molecule is CC(c1ccc(N)cc1)C(C)c1cccc(N)c1. The zero-order valence-corrected chi connectivity index (χ0v) is 10.9. The monoisotopic (exact) mass is 240 g/mol. The molecule has 2 unspecified atom stereocenters. The Bertz CT molecular complexity index is 517. The van der Waals surface area contributed by atoms with Crippen molar-refractivity contribution in [2.24, 2.45) is 0 Å². The number of rotatable bonds is 3. The van der Waals surface area contributed by atoms with Crippen LogP contribution in [0.3, 0.4) is 0 Å². The summed E-state index contributed by atoms with van der Waals surface area (Å²) < 4.78 is 0. The minimum atomic E-state index is 0.428. The summed E-state index contributed by atoms with van der Waals surface area (Å²) in [5.41, 5.74) is 15.8. The molecule has 2 aromatic rings. The fraction of sp³-hybridized carbons (Fsp3) is 0.250. The van der Waals surface area contributed by atoms with Crippen molar-refractivity contribution in [1.29, 1.82) is 0 Å². The summed E-state index contributed by atoms with van der Waals surface area (Å²) in [7, 11) is 0. The summed E-state index contributed by atoms with van der Waals surface area (Å²) in [5, 5.41) is 0. The molecule has 18 heavy (non-hydrogen) atoms. The lowest BCUT2D eigenvalue weighted by Gasteiger charge is -2.21. The highest BCUT2D eigenvalue weighted by Gasteiger charge is 2.16. The molecule has 0 saturated carbocycles. The van der Waals surface area contributed by atoms with Crippen LogP contribution in [0.15, 0.2) is 48.5 Å². The molecule has 0 aromatic heterocycles. The van der Waals surface area contributed by atoms with Gasteiger partial charge in [0.2, 0.25) is 0 Å². The normalized spacial score (nSPS) is 14.1. The van der Waals surface area contributed by atoms with E-state index in [0.29, 0.717) is 11.8 Å². The van der Waals surface area contributed by atoms with Crippen LogP contribution >= 0.6 is 0 Å². The summed E-state index contributed by atoms with van der Waals surface area (Å²) >= 11 is 0. The molecule has 0 fully saturated rings. The van der Waals surface area contributed by atoms with Crippen molar-refractivity contribution in [1.82, 2.24) is 0 Å². The van der Waals surface area contributed by atoms with Gasteiger partial charge < -0.3 is 11.5 Å². The first kappa shape index (κ1) is 12.5. The van der Waals surface area contributed by atoms with Crippen LogP contribution in [0.25, 0.3) is 0 Å². The average molecular weight is 240 g/mol. The second-order valence-corrected chi connectivity index (χ2v) is 4.91. The Hall–Kier alpha value is -1.96. The third-order valence-electron chi connectivity index (χ3n) is 3.65. The third-order valence-corrected chi connectivity index (χ3v) is 3.65. The first-order chi connectivity index (χ1) is 8.58. The second-order valence-electron chi connectivity index (χ2n) is 4.91. The van der Waals surface area contributed by atoms with Crippen molar-refractivity contribution in [2.45, 2.75) is 25.7 Å². The molecule has 94 valence electrons. The molecule has 0 aliphatic heterocycles. The zero-order valence-electron chi connectivity index (χ0n) is 10.9. The van der Waals surface area contributed by atoms with E-state index in [-0.39, 0.29) is 0 Å². The maximum absolute atomic E-state index is 5.84. The predicted octanol–water partition coefficient (Wildman–Crippen LogP) is 3.76. The van der Waals surface area contributed by atoms with Crippen molar-refractivity contribution in [2.75, 3.05) is 11.5 Å². The van der Waals surface area contributed by atoms with Crippen LogP contribution in [0.5, 0.6) is 0 Å². The molecule has 2 heteroatoms. The highest BCUT2D eigenvalue weighted by atomic mass is 14.5. The molecule has 2 rings (SSSR count). The van der Waals surface area contributed by atoms with E-state index in [1.807, 2.05) is 24.3 Å². The molecule has 0 heterocycles. The van der Waals surface area contributed by atoms with Gasteiger partial charge in [0.15, 0.2) is 0 Å². The topological polar surface area (TPSA) is 52.0 Å². The van der Waals surface area contributed by atoms with Crippen molar-refractivity contribution < 1.29 is 0 Å². The Labute approximate surface area is 109 Å². The quantitative estimate of drug-likeness (QED) is 0.803. The summed E-state index contributed by atoms with van der Waals surface area (Å²) in [5.74, 6) is 0.865. The molecular weight excluding hydrogens is 220 g/mol. The molecular formula is C16H20N2. The smallest absolute Gasteiger partial charge is 0.0316 e. The number of hydrogen-bond donors (Lipinski definition) is 2. The number of anilines is 2. The number of nitrogens with two attached hydrogens (primary N) is 2. The van der Waals surface area contributed by atoms with Crippen LogP contribution in [0, 0.1) is 0 Å². The Balaban J connectivity index is 2.23. The Morgan fingerprint density at radius 2 is 1.33 bits per heavy atom. The molecule has 0 spiro atoms. The molecule has 4 N–H and O–H groups in total. The molecule has 2 aromatic carbocycles. The van der Waals surface area contributed by atoms with Crippen LogP contribution < -0.4 is 11.5 Å². The molecule has 0 radical (unpaired) electrons. The van der Waals surface area contributed by atoms with Gasteiger partial charge >= 0.3 is 0 Å². The number of nitrogen functional groups attached to an aromatic ring is 2. The van der Waals surface area contributed by atoms with Gasteiger partial charge in [-0.3, -0.25) is 0 Å². The Morgan fingerprint density at radius 1 is 0.722 bits per heavy atom. The Kier molecular flexibility index (Phi) is 3.56. The van der Waals surface area contributed by atoms with E-state index < -0.39 is 0 Å². The summed E-state index contributed by atoms with van der Waals surface area (Å²) in [4.78, 5) is 0. The van der Waals surface area contributed by atoms with E-state index in [0.717, 1.165) is 11.4 Å². The summed E-state index contributed by atoms with van der Waals surface area (Å²) in [6, 6.07) is 16.2. The van der Waals surface area contributed by atoms with Crippen LogP contribution in [0.2, 0.25) is 0 Å². The third kappa shape index (κ3) is 2.65. The lowest BCUT2D eigenvalue weighted by atomic mass is 9.84. The van der Waals surface area contributed by atoms with Gasteiger partial charge in [0, 0.05) is 11.4 Å². The van der Waals surface area contributed by atoms with Gasteiger partial charge in [-0.05, 0) is 47.2 Å². The zero-order chi connectivity index (χ0) is 13.1. The Morgan fingerprint density at radius 3 is 1.94 bits per heavy atom. The molecule has 2 nitrogen and oxygen atoms in total. The molecule has 0 aliphatic carbocycles. The molecule has 0 amide bonds. The maximum Gasteiger partial charge on any atom is 0.0316 e. The fourth-order valence-electron chi connectivity index (χ4n) is 2.22. The van der Waals surface area contributed by atoms with Gasteiger partial charge in [-0.1, -0.05) is 38.1 Å². The van der Waals surface area contributed by atoms with Crippen molar-refractivity contribution in [3.05, 3.63) is 59.7 Å². The van der Waals surface area contributed by atoms with Gasteiger partial charge in [-0.2, -0.15) is 0 Å². The molecule has 0 saturated heterocycles. The summed E-state index contributed by atoms with van der Waals surface area (Å²) in [6.45, 7) is 4.47. The summed E-state index contributed by atoms with van der Waals surface area (Å²) in [6.07, 6.45) is 0. The van der Waals surface area contributed by atoms with E-state index >= 15 is 0 Å². The predicted molar refractivity (Wildman–Crippen MR) is 78.5 cm³/mol. The van der Waals surface area contributed by atoms with E-state index in [2.05, 4.69) is 38.1 Å². The highest BCUT2D eigenvalue weighted by molar-refractivity contribution is 5.44. The molecule has 0 aliphatic rings. The van der Waals surface area contributed by atoms with Crippen molar-refractivity contribution in [3.63, 3.8) is 0 Å². The van der Waals surface area contributed by atoms with Crippen molar-refractivity contribution in [3.8, 4) is 0 Å². The lowest BCUT2D eigenvalue weighted by molar-refractivity contribution is 0.624. The van der Waals surface area contributed by atoms with E-state index in [1.54, 1.807) is 0 Å². The number of hydrogen-bond acceptors (Lipinski definition) is 2. The van der Waals surface area contributed by atoms with Gasteiger partial charge in [-0.15, -0.1) is 0 Å². The average Bonchev–Trinajstić information content (AvgIpc) is 2.38. The molecule has 0 bridgehead atoms. The van der Waals surface area contributed by atoms with Gasteiger partial charge in [0.1, 0.15) is 0 Å². The van der Waals surface area contributed by atoms with E-state index in [1.165, 1.54) is 11.1 Å². The fourth-order valence-corrected chi connectivity index (χ4v) is 2.22. The maximum atomic E-state index is 5.84.